The maximum absolute atomic E-state index is 5.70. The van der Waals surface area contributed by atoms with Gasteiger partial charge in [0.25, 0.3) is 0 Å². The first kappa shape index (κ1) is 16.0. The van der Waals surface area contributed by atoms with Crippen LogP contribution in [0.4, 0.5) is 5.69 Å². The van der Waals surface area contributed by atoms with Crippen molar-refractivity contribution in [2.45, 2.75) is 13.3 Å². The van der Waals surface area contributed by atoms with Gasteiger partial charge in [0.1, 0.15) is 17.2 Å². The van der Waals surface area contributed by atoms with E-state index in [1.165, 1.54) is 5.56 Å². The highest BCUT2D eigenvalue weighted by molar-refractivity contribution is 5.57. The summed E-state index contributed by atoms with van der Waals surface area (Å²) >= 11 is 0. The summed E-state index contributed by atoms with van der Waals surface area (Å²) in [6.07, 6.45) is 0.906. The molecule has 118 valence electrons. The van der Waals surface area contributed by atoms with Crippen LogP contribution in [0.25, 0.3) is 0 Å². The molecule has 0 unspecified atom stereocenters. The van der Waals surface area contributed by atoms with Crippen LogP contribution in [0.1, 0.15) is 12.0 Å². The molecule has 0 bridgehead atoms. The highest BCUT2D eigenvalue weighted by Crippen LogP contribution is 2.25. The molecule has 4 heteroatoms. The lowest BCUT2D eigenvalue weighted by Gasteiger charge is -2.12. The van der Waals surface area contributed by atoms with Gasteiger partial charge in [0.15, 0.2) is 0 Å². The highest BCUT2D eigenvalue weighted by atomic mass is 16.5. The van der Waals surface area contributed by atoms with Crippen molar-refractivity contribution >= 4 is 5.69 Å². The van der Waals surface area contributed by atoms with Crippen molar-refractivity contribution in [3.05, 3.63) is 48.0 Å². The van der Waals surface area contributed by atoms with E-state index in [0.29, 0.717) is 6.61 Å². The zero-order valence-corrected chi connectivity index (χ0v) is 13.4. The lowest BCUT2D eigenvalue weighted by Crippen LogP contribution is -2.08. The fraction of sp³-hybridized carbons (Fsp3) is 0.333. The van der Waals surface area contributed by atoms with E-state index in [4.69, 9.17) is 14.2 Å². The molecule has 0 aliphatic carbocycles. The molecular weight excluding hydrogens is 278 g/mol. The standard InChI is InChI=1S/C18H23NO3/c1-14-5-10-18(21-3)17(13-14)19-11-4-12-22-16-8-6-15(20-2)7-9-16/h5-10,13,19H,4,11-12H2,1-3H3. The largest absolute Gasteiger partial charge is 0.497 e. The van der Waals surface area contributed by atoms with Gasteiger partial charge in [0, 0.05) is 6.54 Å². The average molecular weight is 301 g/mol. The van der Waals surface area contributed by atoms with Gasteiger partial charge in [-0.15, -0.1) is 0 Å². The maximum Gasteiger partial charge on any atom is 0.141 e. The molecule has 0 amide bonds. The minimum absolute atomic E-state index is 0.660. The summed E-state index contributed by atoms with van der Waals surface area (Å²) < 4.78 is 16.2. The van der Waals surface area contributed by atoms with Gasteiger partial charge < -0.3 is 19.5 Å². The van der Waals surface area contributed by atoms with E-state index in [1.54, 1.807) is 14.2 Å². The fourth-order valence-corrected chi connectivity index (χ4v) is 2.12. The Labute approximate surface area is 132 Å². The van der Waals surface area contributed by atoms with Crippen molar-refractivity contribution < 1.29 is 14.2 Å². The molecule has 0 radical (unpaired) electrons. The van der Waals surface area contributed by atoms with Gasteiger partial charge in [-0.05, 0) is 55.3 Å². The zero-order valence-electron chi connectivity index (χ0n) is 13.4. The quantitative estimate of drug-likeness (QED) is 0.751. The summed E-state index contributed by atoms with van der Waals surface area (Å²) in [6.45, 7) is 3.56. The van der Waals surface area contributed by atoms with Crippen LogP contribution in [0.2, 0.25) is 0 Å². The zero-order chi connectivity index (χ0) is 15.8. The minimum atomic E-state index is 0.660. The number of hydrogen-bond donors (Lipinski definition) is 1. The molecule has 4 nitrogen and oxygen atoms in total. The van der Waals surface area contributed by atoms with Crippen LogP contribution in [0.3, 0.4) is 0 Å². The predicted molar refractivity (Wildman–Crippen MR) is 89.3 cm³/mol. The Morgan fingerprint density at radius 1 is 0.909 bits per heavy atom. The van der Waals surface area contributed by atoms with E-state index in [2.05, 4.69) is 18.3 Å². The number of ether oxygens (including phenoxy) is 3. The molecule has 0 aromatic heterocycles. The number of rotatable bonds is 8. The molecule has 0 aliphatic heterocycles. The molecular formula is C18H23NO3. The van der Waals surface area contributed by atoms with Crippen LogP contribution in [-0.4, -0.2) is 27.4 Å². The summed E-state index contributed by atoms with van der Waals surface area (Å²) in [7, 11) is 3.34. The minimum Gasteiger partial charge on any atom is -0.497 e. The highest BCUT2D eigenvalue weighted by Gasteiger charge is 2.02. The van der Waals surface area contributed by atoms with Gasteiger partial charge in [0.2, 0.25) is 0 Å². The first-order valence-corrected chi connectivity index (χ1v) is 7.38. The topological polar surface area (TPSA) is 39.7 Å². The molecule has 0 aliphatic rings. The van der Waals surface area contributed by atoms with Gasteiger partial charge in [-0.3, -0.25) is 0 Å². The van der Waals surface area contributed by atoms with Crippen molar-refractivity contribution in [1.82, 2.24) is 0 Å². The molecule has 0 heterocycles. The smallest absolute Gasteiger partial charge is 0.141 e. The molecule has 2 rings (SSSR count). The van der Waals surface area contributed by atoms with Gasteiger partial charge in [-0.1, -0.05) is 6.07 Å². The van der Waals surface area contributed by atoms with E-state index in [9.17, 15) is 0 Å². The monoisotopic (exact) mass is 301 g/mol. The first-order valence-electron chi connectivity index (χ1n) is 7.38. The van der Waals surface area contributed by atoms with Gasteiger partial charge in [-0.2, -0.15) is 0 Å². The van der Waals surface area contributed by atoms with Gasteiger partial charge >= 0.3 is 0 Å². The summed E-state index contributed by atoms with van der Waals surface area (Å²) in [5.74, 6) is 2.55. The van der Waals surface area contributed by atoms with Crippen LogP contribution < -0.4 is 19.5 Å². The Morgan fingerprint density at radius 2 is 1.64 bits per heavy atom. The van der Waals surface area contributed by atoms with E-state index in [1.807, 2.05) is 36.4 Å². The second-order valence-electron chi connectivity index (χ2n) is 5.01. The Hall–Kier alpha value is -2.36. The molecule has 0 spiro atoms. The molecule has 2 aromatic rings. The third-order valence-electron chi connectivity index (χ3n) is 3.32. The van der Waals surface area contributed by atoms with Crippen LogP contribution in [-0.2, 0) is 0 Å². The van der Waals surface area contributed by atoms with Crippen molar-refractivity contribution in [2.75, 3.05) is 32.7 Å². The van der Waals surface area contributed by atoms with Crippen molar-refractivity contribution in [3.8, 4) is 17.2 Å². The molecule has 0 atom stereocenters. The van der Waals surface area contributed by atoms with Crippen molar-refractivity contribution in [2.24, 2.45) is 0 Å². The molecule has 1 N–H and O–H groups in total. The summed E-state index contributed by atoms with van der Waals surface area (Å²) in [6, 6.07) is 13.7. The summed E-state index contributed by atoms with van der Waals surface area (Å²) in [4.78, 5) is 0. The van der Waals surface area contributed by atoms with Gasteiger partial charge in [0.05, 0.1) is 26.5 Å². The molecule has 2 aromatic carbocycles. The Bertz CT molecular complexity index is 581. The number of methoxy groups -OCH3 is 2. The molecule has 0 saturated carbocycles. The van der Waals surface area contributed by atoms with Crippen molar-refractivity contribution in [3.63, 3.8) is 0 Å². The summed E-state index contributed by atoms with van der Waals surface area (Å²) in [5.41, 5.74) is 2.23. The second-order valence-corrected chi connectivity index (χ2v) is 5.01. The Morgan fingerprint density at radius 3 is 2.32 bits per heavy atom. The Kier molecular flexibility index (Phi) is 5.95. The molecule has 0 fully saturated rings. The first-order chi connectivity index (χ1) is 10.7. The van der Waals surface area contributed by atoms with Crippen LogP contribution in [0.15, 0.2) is 42.5 Å². The van der Waals surface area contributed by atoms with Crippen LogP contribution in [0.5, 0.6) is 17.2 Å². The molecule has 22 heavy (non-hydrogen) atoms. The number of nitrogens with one attached hydrogen (secondary N) is 1. The third kappa shape index (κ3) is 4.58. The normalized spacial score (nSPS) is 10.1. The number of benzene rings is 2. The predicted octanol–water partition coefficient (Wildman–Crippen LogP) is 3.89. The number of hydrogen-bond acceptors (Lipinski definition) is 4. The lowest BCUT2D eigenvalue weighted by molar-refractivity contribution is 0.314. The molecule has 0 saturated heterocycles. The fourth-order valence-electron chi connectivity index (χ4n) is 2.12. The van der Waals surface area contributed by atoms with E-state index >= 15 is 0 Å². The SMILES string of the molecule is COc1ccc(OCCCNc2cc(C)ccc2OC)cc1. The van der Waals surface area contributed by atoms with Crippen LogP contribution in [0, 0.1) is 6.92 Å². The number of aryl methyl sites for hydroxylation is 1. The van der Waals surface area contributed by atoms with Crippen LogP contribution >= 0.6 is 0 Å². The van der Waals surface area contributed by atoms with E-state index in [-0.39, 0.29) is 0 Å². The maximum atomic E-state index is 5.70. The Balaban J connectivity index is 1.74. The summed E-state index contributed by atoms with van der Waals surface area (Å²) in [5, 5.41) is 3.38. The third-order valence-corrected chi connectivity index (χ3v) is 3.32. The average Bonchev–Trinajstić information content (AvgIpc) is 2.55. The number of anilines is 1. The van der Waals surface area contributed by atoms with E-state index in [0.717, 1.165) is 35.9 Å². The van der Waals surface area contributed by atoms with Gasteiger partial charge in [-0.25, -0.2) is 0 Å². The van der Waals surface area contributed by atoms with Crippen molar-refractivity contribution in [1.29, 1.82) is 0 Å². The van der Waals surface area contributed by atoms with E-state index < -0.39 is 0 Å². The second kappa shape index (κ2) is 8.17. The lowest BCUT2D eigenvalue weighted by atomic mass is 10.2.